The molecule has 106 valence electrons. The van der Waals surface area contributed by atoms with Crippen molar-refractivity contribution < 1.29 is 0 Å². The molecule has 2 aromatic rings. The minimum absolute atomic E-state index is 0.210. The number of halogens is 2. The largest absolute Gasteiger partial charge is 0.376 e. The molecule has 0 bridgehead atoms. The lowest BCUT2D eigenvalue weighted by molar-refractivity contribution is 0.425. The van der Waals surface area contributed by atoms with Gasteiger partial charge in [-0.15, -0.1) is 0 Å². The fourth-order valence-electron chi connectivity index (χ4n) is 3.52. The van der Waals surface area contributed by atoms with Gasteiger partial charge in [0.2, 0.25) is 0 Å². The first-order valence-corrected chi connectivity index (χ1v) is 7.82. The lowest BCUT2D eigenvalue weighted by atomic mass is 9.77. The van der Waals surface area contributed by atoms with Crippen LogP contribution in [0.3, 0.4) is 0 Å². The summed E-state index contributed by atoms with van der Waals surface area (Å²) in [4.78, 5) is 4.25. The van der Waals surface area contributed by atoms with E-state index in [1.807, 2.05) is 24.4 Å². The standard InChI is InChI=1S/C17H14Cl2N2/c18-13-6-7-14(19)17-15(13)11-4-1-5-12(11)16(21-17)10-3-2-8-20-9-10/h1-4,6-9,11-12,16,21H,5H2/t11-,12-,16-/m1/s1. The molecule has 1 aliphatic heterocycles. The quantitative estimate of drug-likeness (QED) is 0.730. The van der Waals surface area contributed by atoms with Crippen LogP contribution in [0.2, 0.25) is 10.0 Å². The van der Waals surface area contributed by atoms with E-state index in [1.165, 1.54) is 5.56 Å². The number of nitrogens with one attached hydrogen (secondary N) is 1. The Morgan fingerprint density at radius 3 is 2.81 bits per heavy atom. The molecule has 0 amide bonds. The van der Waals surface area contributed by atoms with E-state index < -0.39 is 0 Å². The van der Waals surface area contributed by atoms with Crippen molar-refractivity contribution >= 4 is 28.9 Å². The zero-order valence-electron chi connectivity index (χ0n) is 11.3. The van der Waals surface area contributed by atoms with E-state index in [-0.39, 0.29) is 6.04 Å². The predicted molar refractivity (Wildman–Crippen MR) is 87.1 cm³/mol. The zero-order valence-corrected chi connectivity index (χ0v) is 12.8. The topological polar surface area (TPSA) is 24.9 Å². The van der Waals surface area contributed by atoms with E-state index in [4.69, 9.17) is 23.2 Å². The Labute approximate surface area is 133 Å². The van der Waals surface area contributed by atoms with Gasteiger partial charge in [-0.05, 0) is 36.1 Å². The molecule has 2 aliphatic rings. The molecule has 1 aromatic carbocycles. The van der Waals surface area contributed by atoms with Gasteiger partial charge < -0.3 is 5.32 Å². The number of rotatable bonds is 1. The molecule has 0 fully saturated rings. The monoisotopic (exact) mass is 316 g/mol. The first-order chi connectivity index (χ1) is 10.3. The summed E-state index contributed by atoms with van der Waals surface area (Å²) in [7, 11) is 0. The van der Waals surface area contributed by atoms with Crippen LogP contribution < -0.4 is 5.32 Å². The molecular formula is C17H14Cl2N2. The Kier molecular flexibility index (Phi) is 3.16. The number of nitrogens with zero attached hydrogens (tertiary/aromatic N) is 1. The number of hydrogen-bond acceptors (Lipinski definition) is 2. The molecule has 4 heteroatoms. The minimum atomic E-state index is 0.210. The van der Waals surface area contributed by atoms with Gasteiger partial charge in [0.05, 0.1) is 16.8 Å². The predicted octanol–water partition coefficient (Wildman–Crippen LogP) is 5.21. The fourth-order valence-corrected chi connectivity index (χ4v) is 4.02. The van der Waals surface area contributed by atoms with Crippen LogP contribution in [0.15, 0.2) is 48.8 Å². The summed E-state index contributed by atoms with van der Waals surface area (Å²) in [6, 6.07) is 8.04. The van der Waals surface area contributed by atoms with E-state index >= 15 is 0 Å². The Morgan fingerprint density at radius 2 is 2.00 bits per heavy atom. The third kappa shape index (κ3) is 2.05. The van der Waals surface area contributed by atoms with E-state index in [1.54, 1.807) is 6.20 Å². The van der Waals surface area contributed by atoms with Crippen molar-refractivity contribution in [2.45, 2.75) is 18.4 Å². The highest BCUT2D eigenvalue weighted by atomic mass is 35.5. The Bertz CT molecular complexity index is 712. The molecule has 0 saturated heterocycles. The number of benzene rings is 1. The van der Waals surface area contributed by atoms with Crippen molar-refractivity contribution in [2.24, 2.45) is 5.92 Å². The third-order valence-corrected chi connectivity index (χ3v) is 5.10. The fraction of sp³-hybridized carbons (Fsp3) is 0.235. The smallest absolute Gasteiger partial charge is 0.0641 e. The van der Waals surface area contributed by atoms with Crippen molar-refractivity contribution in [1.29, 1.82) is 0 Å². The van der Waals surface area contributed by atoms with Gasteiger partial charge in [-0.1, -0.05) is 41.4 Å². The molecule has 1 aliphatic carbocycles. The van der Waals surface area contributed by atoms with Crippen LogP contribution in [0.4, 0.5) is 5.69 Å². The van der Waals surface area contributed by atoms with Gasteiger partial charge in [-0.3, -0.25) is 4.98 Å². The molecule has 2 heterocycles. The second-order valence-electron chi connectivity index (χ2n) is 5.58. The molecule has 4 rings (SSSR count). The minimum Gasteiger partial charge on any atom is -0.376 e. The normalized spacial score (nSPS) is 26.1. The Hall–Kier alpha value is -1.51. The van der Waals surface area contributed by atoms with Crippen LogP contribution in [0.25, 0.3) is 0 Å². The highest BCUT2D eigenvalue weighted by Crippen LogP contribution is 2.53. The third-order valence-electron chi connectivity index (χ3n) is 4.46. The van der Waals surface area contributed by atoms with Crippen molar-refractivity contribution in [1.82, 2.24) is 4.98 Å². The number of allylic oxidation sites excluding steroid dienone is 2. The maximum atomic E-state index is 6.43. The van der Waals surface area contributed by atoms with Crippen LogP contribution in [0.5, 0.6) is 0 Å². The molecule has 1 N–H and O–H groups in total. The number of pyridine rings is 1. The van der Waals surface area contributed by atoms with Crippen LogP contribution >= 0.6 is 23.2 Å². The molecule has 3 atom stereocenters. The highest BCUT2D eigenvalue weighted by molar-refractivity contribution is 6.36. The Balaban J connectivity index is 1.86. The summed E-state index contributed by atoms with van der Waals surface area (Å²) in [5.74, 6) is 0.773. The average Bonchev–Trinajstić information content (AvgIpc) is 3.00. The second kappa shape index (κ2) is 5.04. The van der Waals surface area contributed by atoms with Crippen LogP contribution in [-0.2, 0) is 0 Å². The first kappa shape index (κ1) is 13.2. The Morgan fingerprint density at radius 1 is 1.14 bits per heavy atom. The highest BCUT2D eigenvalue weighted by Gasteiger charge is 2.39. The van der Waals surface area contributed by atoms with Crippen molar-refractivity contribution in [3.05, 3.63) is 70.0 Å². The summed E-state index contributed by atoms with van der Waals surface area (Å²) in [6.45, 7) is 0. The summed E-state index contributed by atoms with van der Waals surface area (Å²) in [5, 5.41) is 5.11. The maximum absolute atomic E-state index is 6.43. The van der Waals surface area contributed by atoms with Gasteiger partial charge in [0.25, 0.3) is 0 Å². The number of aromatic nitrogens is 1. The molecule has 21 heavy (non-hydrogen) atoms. The molecular weight excluding hydrogens is 303 g/mol. The van der Waals surface area contributed by atoms with Crippen LogP contribution in [-0.4, -0.2) is 4.98 Å². The van der Waals surface area contributed by atoms with E-state index in [0.717, 1.165) is 27.7 Å². The van der Waals surface area contributed by atoms with Gasteiger partial charge in [0, 0.05) is 28.9 Å². The van der Waals surface area contributed by atoms with Gasteiger partial charge in [-0.25, -0.2) is 0 Å². The summed E-state index contributed by atoms with van der Waals surface area (Å²) in [5.41, 5.74) is 3.28. The lowest BCUT2D eigenvalue weighted by Crippen LogP contribution is -2.29. The van der Waals surface area contributed by atoms with Gasteiger partial charge >= 0.3 is 0 Å². The summed E-state index contributed by atoms with van der Waals surface area (Å²) >= 11 is 12.8. The average molecular weight is 317 g/mol. The van der Waals surface area contributed by atoms with E-state index in [2.05, 4.69) is 28.5 Å². The maximum Gasteiger partial charge on any atom is 0.0641 e. The summed E-state index contributed by atoms with van der Waals surface area (Å²) < 4.78 is 0. The molecule has 0 spiro atoms. The lowest BCUT2D eigenvalue weighted by Gasteiger charge is -2.38. The van der Waals surface area contributed by atoms with E-state index in [9.17, 15) is 0 Å². The summed E-state index contributed by atoms with van der Waals surface area (Å²) in [6.07, 6.45) is 9.27. The van der Waals surface area contributed by atoms with Gasteiger partial charge in [-0.2, -0.15) is 0 Å². The zero-order chi connectivity index (χ0) is 14.4. The molecule has 0 unspecified atom stereocenters. The van der Waals surface area contributed by atoms with Crippen molar-refractivity contribution in [3.8, 4) is 0 Å². The van der Waals surface area contributed by atoms with Gasteiger partial charge in [0.1, 0.15) is 0 Å². The SMILES string of the molecule is Clc1ccc(Cl)c2c1N[C@H](c1cccnc1)[C@@H]1CC=C[C@@H]21. The van der Waals surface area contributed by atoms with Gasteiger partial charge in [0.15, 0.2) is 0 Å². The second-order valence-corrected chi connectivity index (χ2v) is 6.39. The molecule has 0 radical (unpaired) electrons. The number of anilines is 1. The molecule has 2 nitrogen and oxygen atoms in total. The van der Waals surface area contributed by atoms with E-state index in [0.29, 0.717) is 11.8 Å². The number of hydrogen-bond donors (Lipinski definition) is 1. The van der Waals surface area contributed by atoms with Crippen molar-refractivity contribution in [3.63, 3.8) is 0 Å². The molecule has 0 saturated carbocycles. The first-order valence-electron chi connectivity index (χ1n) is 7.06. The van der Waals surface area contributed by atoms with Crippen LogP contribution in [0.1, 0.15) is 29.5 Å². The van der Waals surface area contributed by atoms with Crippen molar-refractivity contribution in [2.75, 3.05) is 5.32 Å². The van der Waals surface area contributed by atoms with Crippen LogP contribution in [0, 0.1) is 5.92 Å². The number of fused-ring (bicyclic) bond motifs is 3. The molecule has 1 aromatic heterocycles.